The second-order valence-corrected chi connectivity index (χ2v) is 9.42. The van der Waals surface area contributed by atoms with Crippen molar-refractivity contribution in [3.8, 4) is 11.5 Å². The number of ether oxygens (including phenoxy) is 2. The molecule has 1 N–H and O–H groups in total. The van der Waals surface area contributed by atoms with E-state index in [1.807, 2.05) is 18.2 Å². The molecule has 4 aromatic rings. The van der Waals surface area contributed by atoms with Crippen molar-refractivity contribution in [2.24, 2.45) is 5.92 Å². The molecule has 0 unspecified atom stereocenters. The lowest BCUT2D eigenvalue weighted by atomic mass is 9.86. The van der Waals surface area contributed by atoms with Crippen molar-refractivity contribution in [2.75, 3.05) is 33.4 Å². The van der Waals surface area contributed by atoms with Gasteiger partial charge < -0.3 is 19.4 Å². The topological polar surface area (TPSA) is 102 Å². The highest BCUT2D eigenvalue weighted by Crippen LogP contribution is 2.46. The van der Waals surface area contributed by atoms with E-state index in [4.69, 9.17) is 9.47 Å². The van der Waals surface area contributed by atoms with Gasteiger partial charge in [0.15, 0.2) is 0 Å². The van der Waals surface area contributed by atoms with Crippen LogP contribution in [0.5, 0.6) is 11.5 Å². The van der Waals surface area contributed by atoms with Gasteiger partial charge in [-0.05, 0) is 43.7 Å². The predicted molar refractivity (Wildman–Crippen MR) is 132 cm³/mol. The fraction of sp³-hybridized carbons (Fsp3) is 0.385. The summed E-state index contributed by atoms with van der Waals surface area (Å²) in [5, 5.41) is 9.89. The van der Waals surface area contributed by atoms with E-state index in [1.165, 1.54) is 10.1 Å². The van der Waals surface area contributed by atoms with Gasteiger partial charge in [-0.3, -0.25) is 9.36 Å². The molecule has 180 valence electrons. The van der Waals surface area contributed by atoms with Crippen LogP contribution in [0.2, 0.25) is 0 Å². The van der Waals surface area contributed by atoms with E-state index in [0.29, 0.717) is 29.3 Å². The third-order valence-corrected chi connectivity index (χ3v) is 7.34. The second-order valence-electron chi connectivity index (χ2n) is 9.42. The van der Waals surface area contributed by atoms with E-state index in [0.717, 1.165) is 61.4 Å². The number of aromatic amines is 1. The molecular weight excluding hydrogens is 446 g/mol. The summed E-state index contributed by atoms with van der Waals surface area (Å²) in [7, 11) is 1.71. The van der Waals surface area contributed by atoms with Crippen molar-refractivity contribution in [1.29, 1.82) is 0 Å². The Bertz CT molecular complexity index is 1510. The molecule has 35 heavy (non-hydrogen) atoms. The summed E-state index contributed by atoms with van der Waals surface area (Å²) in [6, 6.07) is 9.54. The van der Waals surface area contributed by atoms with Gasteiger partial charge in [-0.25, -0.2) is 4.79 Å². The van der Waals surface area contributed by atoms with E-state index in [1.54, 1.807) is 31.6 Å². The van der Waals surface area contributed by atoms with Crippen molar-refractivity contribution < 1.29 is 9.47 Å². The van der Waals surface area contributed by atoms with E-state index in [2.05, 4.69) is 20.1 Å². The minimum absolute atomic E-state index is 0.268. The number of likely N-dealkylation sites (tertiary alicyclic amines) is 1. The van der Waals surface area contributed by atoms with Crippen molar-refractivity contribution >= 4 is 21.7 Å². The minimum Gasteiger partial charge on any atom is -0.496 e. The molecule has 0 spiro atoms. The Morgan fingerprint density at radius 2 is 1.89 bits per heavy atom. The Hall–Kier alpha value is -3.72. The summed E-state index contributed by atoms with van der Waals surface area (Å²) >= 11 is 0. The van der Waals surface area contributed by atoms with Crippen LogP contribution in [0.15, 0.2) is 52.3 Å². The molecule has 0 aliphatic carbocycles. The molecule has 0 amide bonds. The van der Waals surface area contributed by atoms with Crippen molar-refractivity contribution in [2.45, 2.75) is 25.3 Å². The summed E-state index contributed by atoms with van der Waals surface area (Å²) in [5.74, 6) is 2.68. The van der Waals surface area contributed by atoms with Gasteiger partial charge in [0.1, 0.15) is 11.5 Å². The highest BCUT2D eigenvalue weighted by atomic mass is 16.5. The fourth-order valence-corrected chi connectivity index (χ4v) is 5.59. The van der Waals surface area contributed by atoms with E-state index < -0.39 is 0 Å². The van der Waals surface area contributed by atoms with Crippen molar-refractivity contribution in [1.82, 2.24) is 24.6 Å². The quantitative estimate of drug-likeness (QED) is 0.339. The van der Waals surface area contributed by atoms with Crippen LogP contribution in [0.3, 0.4) is 0 Å². The number of rotatable bonds is 6. The zero-order valence-electron chi connectivity index (χ0n) is 19.6. The predicted octanol–water partition coefficient (Wildman–Crippen LogP) is 2.53. The fourth-order valence-electron chi connectivity index (χ4n) is 5.59. The number of fused-ring (bicyclic) bond motifs is 5. The number of H-pyrrole nitrogens is 1. The number of unbranched alkanes of at least 4 members (excludes halogenated alkanes) is 1. The Morgan fingerprint density at radius 3 is 2.71 bits per heavy atom. The maximum absolute atomic E-state index is 13.1. The lowest BCUT2D eigenvalue weighted by Gasteiger charge is -2.29. The standard InChI is InChI=1S/C26H27N5O4/c1-34-22-5-4-6-23-24(22)20-14-30(13-18(20)15-35-23)7-2-3-8-31-25(32)19-9-16-11-27-28-12-17(16)10-21(19)29-26(31)33/h4-6,9-12,18,20H,2-3,7-8,13-15H2,1H3,(H,29,33)/t18-,20-/m1/s1. The molecule has 0 saturated carbocycles. The van der Waals surface area contributed by atoms with Gasteiger partial charge in [0.2, 0.25) is 0 Å². The molecule has 1 fully saturated rings. The molecule has 0 bridgehead atoms. The Labute approximate surface area is 201 Å². The van der Waals surface area contributed by atoms with Crippen molar-refractivity contribution in [3.63, 3.8) is 0 Å². The molecule has 2 aliphatic heterocycles. The highest BCUT2D eigenvalue weighted by molar-refractivity contribution is 5.95. The number of hydrogen-bond acceptors (Lipinski definition) is 7. The highest BCUT2D eigenvalue weighted by Gasteiger charge is 2.40. The Kier molecular flexibility index (Phi) is 5.49. The van der Waals surface area contributed by atoms with Crippen LogP contribution < -0.4 is 20.7 Å². The average Bonchev–Trinajstić information content (AvgIpc) is 3.30. The zero-order valence-corrected chi connectivity index (χ0v) is 19.6. The number of aromatic nitrogens is 4. The molecule has 9 heteroatoms. The van der Waals surface area contributed by atoms with Crippen LogP contribution in [-0.4, -0.2) is 58.0 Å². The molecule has 0 radical (unpaired) electrons. The van der Waals surface area contributed by atoms with Gasteiger partial charge in [-0.1, -0.05) is 6.07 Å². The average molecular weight is 474 g/mol. The first-order valence-electron chi connectivity index (χ1n) is 12.0. The second kappa shape index (κ2) is 8.81. The van der Waals surface area contributed by atoms with Crippen LogP contribution in [0, 0.1) is 5.92 Å². The summed E-state index contributed by atoms with van der Waals surface area (Å²) in [4.78, 5) is 31.0. The first kappa shape index (κ1) is 21.8. The molecule has 4 heterocycles. The first-order valence-corrected chi connectivity index (χ1v) is 12.0. The number of methoxy groups -OCH3 is 1. The van der Waals surface area contributed by atoms with Crippen LogP contribution in [0.4, 0.5) is 0 Å². The maximum atomic E-state index is 13.1. The van der Waals surface area contributed by atoms with Crippen molar-refractivity contribution in [3.05, 3.63) is 69.1 Å². The molecule has 2 aliphatic rings. The van der Waals surface area contributed by atoms with E-state index in [9.17, 15) is 9.59 Å². The van der Waals surface area contributed by atoms with Crippen LogP contribution in [0.1, 0.15) is 24.3 Å². The van der Waals surface area contributed by atoms with Gasteiger partial charge in [0, 0.05) is 47.8 Å². The van der Waals surface area contributed by atoms with Gasteiger partial charge in [0.05, 0.1) is 37.0 Å². The summed E-state index contributed by atoms with van der Waals surface area (Å²) in [5.41, 5.74) is 1.06. The molecule has 2 aromatic carbocycles. The third-order valence-electron chi connectivity index (χ3n) is 7.34. The lowest BCUT2D eigenvalue weighted by molar-refractivity contribution is 0.209. The van der Waals surface area contributed by atoms with Crippen LogP contribution >= 0.6 is 0 Å². The number of hydrogen-bond donors (Lipinski definition) is 1. The number of nitrogens with zero attached hydrogens (tertiary/aromatic N) is 4. The van der Waals surface area contributed by atoms with Gasteiger partial charge in [-0.15, -0.1) is 0 Å². The van der Waals surface area contributed by atoms with Gasteiger partial charge in [-0.2, -0.15) is 10.2 Å². The number of benzene rings is 2. The van der Waals surface area contributed by atoms with E-state index >= 15 is 0 Å². The maximum Gasteiger partial charge on any atom is 0.328 e. The van der Waals surface area contributed by atoms with E-state index in [-0.39, 0.29) is 11.2 Å². The molecule has 1 saturated heterocycles. The monoisotopic (exact) mass is 473 g/mol. The summed E-state index contributed by atoms with van der Waals surface area (Å²) in [6.07, 6.45) is 4.89. The Balaban J connectivity index is 1.13. The van der Waals surface area contributed by atoms with Gasteiger partial charge in [0.25, 0.3) is 5.56 Å². The normalized spacial score (nSPS) is 19.5. The first-order chi connectivity index (χ1) is 17.1. The zero-order chi connectivity index (χ0) is 23.9. The summed E-state index contributed by atoms with van der Waals surface area (Å²) in [6.45, 7) is 3.98. The molecule has 6 rings (SSSR count). The number of nitrogens with one attached hydrogen (secondary N) is 1. The molecular formula is C26H27N5O4. The molecule has 2 aromatic heterocycles. The third kappa shape index (κ3) is 3.85. The van der Waals surface area contributed by atoms with Crippen LogP contribution in [0.25, 0.3) is 21.7 Å². The minimum atomic E-state index is -0.378. The molecule has 2 atom stereocenters. The SMILES string of the molecule is COc1cccc2c1[C@@H]1CN(CCCCn3c(=O)[nH]c4cc5cnncc5cc4c3=O)C[C@@H]1CO2. The smallest absolute Gasteiger partial charge is 0.328 e. The molecule has 9 nitrogen and oxygen atoms in total. The summed E-state index contributed by atoms with van der Waals surface area (Å²) < 4.78 is 12.9. The Morgan fingerprint density at radius 1 is 1.09 bits per heavy atom. The van der Waals surface area contributed by atoms with Gasteiger partial charge >= 0.3 is 5.69 Å². The van der Waals surface area contributed by atoms with Crippen LogP contribution in [-0.2, 0) is 6.54 Å². The largest absolute Gasteiger partial charge is 0.496 e. The lowest BCUT2D eigenvalue weighted by Crippen LogP contribution is -2.35.